The number of nitrogens with one attached hydrogen (secondary N) is 1. The van der Waals surface area contributed by atoms with Gasteiger partial charge in [0.25, 0.3) is 0 Å². The maximum absolute atomic E-state index is 12.2. The topological polar surface area (TPSA) is 82.0 Å². The number of morpholine rings is 1. The summed E-state index contributed by atoms with van der Waals surface area (Å²) in [5, 5.41) is 24.4. The van der Waals surface area contributed by atoms with Crippen molar-refractivity contribution in [2.45, 2.75) is 44.8 Å². The molecule has 2 fully saturated rings. The van der Waals surface area contributed by atoms with E-state index in [0.717, 1.165) is 31.4 Å². The van der Waals surface area contributed by atoms with Crippen molar-refractivity contribution < 1.29 is 19.7 Å². The minimum atomic E-state index is -0.542. The van der Waals surface area contributed by atoms with Gasteiger partial charge in [-0.05, 0) is 50.1 Å². The number of benzene rings is 1. The predicted octanol–water partition coefficient (Wildman–Crippen LogP) is 2.24. The van der Waals surface area contributed by atoms with Crippen molar-refractivity contribution in [3.8, 4) is 0 Å². The Morgan fingerprint density at radius 1 is 1.33 bits per heavy atom. The summed E-state index contributed by atoms with van der Waals surface area (Å²) >= 11 is 0. The summed E-state index contributed by atoms with van der Waals surface area (Å²) in [6, 6.07) is 8.22. The van der Waals surface area contributed by atoms with Gasteiger partial charge in [-0.1, -0.05) is 53.6 Å². The lowest BCUT2D eigenvalue weighted by Crippen LogP contribution is -2.44. The molecule has 1 amide bonds. The van der Waals surface area contributed by atoms with E-state index in [0.29, 0.717) is 51.1 Å². The Bertz CT molecular complexity index is 861. The van der Waals surface area contributed by atoms with Crippen LogP contribution in [0.25, 0.3) is 0 Å². The highest BCUT2D eigenvalue weighted by atomic mass is 16.5. The molecule has 0 aromatic heterocycles. The molecule has 33 heavy (non-hydrogen) atoms. The minimum absolute atomic E-state index is 0.0896. The van der Waals surface area contributed by atoms with Crippen LogP contribution in [0.5, 0.6) is 0 Å². The van der Waals surface area contributed by atoms with Crippen molar-refractivity contribution in [1.82, 2.24) is 10.2 Å². The average molecular weight is 455 g/mol. The second-order valence-electron chi connectivity index (χ2n) is 9.80. The van der Waals surface area contributed by atoms with Gasteiger partial charge in [0.2, 0.25) is 5.91 Å². The van der Waals surface area contributed by atoms with Gasteiger partial charge in [0.15, 0.2) is 0 Å². The highest BCUT2D eigenvalue weighted by Crippen LogP contribution is 2.47. The van der Waals surface area contributed by atoms with E-state index in [-0.39, 0.29) is 17.9 Å². The Morgan fingerprint density at radius 3 is 2.94 bits per heavy atom. The van der Waals surface area contributed by atoms with Crippen molar-refractivity contribution in [2.24, 2.45) is 17.8 Å². The van der Waals surface area contributed by atoms with Gasteiger partial charge in [-0.25, -0.2) is 0 Å². The molecule has 1 saturated carbocycles. The summed E-state index contributed by atoms with van der Waals surface area (Å²) in [7, 11) is 0. The highest BCUT2D eigenvalue weighted by molar-refractivity contribution is 5.78. The lowest BCUT2D eigenvalue weighted by atomic mass is 9.88. The zero-order chi connectivity index (χ0) is 23.2. The number of carbonyl (C=O) groups excluding carboxylic acids is 1. The zero-order valence-electron chi connectivity index (χ0n) is 19.7. The minimum Gasteiger partial charge on any atom is -0.392 e. The number of aliphatic hydroxyl groups is 2. The normalized spacial score (nSPS) is 28.2. The molecule has 1 heterocycles. The molecule has 0 unspecified atom stereocenters. The maximum atomic E-state index is 12.2. The fourth-order valence-electron chi connectivity index (χ4n) is 5.56. The number of ether oxygens (including phenoxy) is 1. The molecule has 0 spiro atoms. The van der Waals surface area contributed by atoms with E-state index in [1.165, 1.54) is 11.1 Å². The Morgan fingerprint density at radius 2 is 2.15 bits per heavy atom. The van der Waals surface area contributed by atoms with Crippen molar-refractivity contribution >= 4 is 5.91 Å². The van der Waals surface area contributed by atoms with Crippen LogP contribution in [0.15, 0.2) is 48.1 Å². The predicted molar refractivity (Wildman–Crippen MR) is 129 cm³/mol. The molecule has 5 atom stereocenters. The Hall–Kier alpha value is -1.99. The summed E-state index contributed by atoms with van der Waals surface area (Å²) in [5.41, 5.74) is 3.74. The van der Waals surface area contributed by atoms with Gasteiger partial charge < -0.3 is 25.2 Å². The molecule has 3 N–H and O–H groups in total. The molecule has 6 nitrogen and oxygen atoms in total. The number of allylic oxidation sites excluding steroid dienone is 1. The number of hydrogen-bond donors (Lipinski definition) is 3. The number of aliphatic hydroxyl groups excluding tert-OH is 2. The first kappa shape index (κ1) is 24.1. The standard InChI is InChI=1S/C27H38N2O4/c1-19-3-2-4-20(13-19)15-23(30)5-6-24-25-16-21(14-22(25)17-26(24)31)7-8-28-18-27(32)29-9-11-33-12-10-29/h2-6,13-14,22-26,28,30-31H,7-12,15-18H2,1H3/b6-5+/t22-,23+,24+,25-,26+/m0/s1. The number of nitrogens with zero attached hydrogens (tertiary/aromatic N) is 1. The zero-order valence-corrected chi connectivity index (χ0v) is 19.7. The summed E-state index contributed by atoms with van der Waals surface area (Å²) in [5.74, 6) is 1.06. The fourth-order valence-corrected chi connectivity index (χ4v) is 5.56. The highest BCUT2D eigenvalue weighted by Gasteiger charge is 2.43. The molecule has 1 aliphatic heterocycles. The first-order valence-corrected chi connectivity index (χ1v) is 12.4. The summed E-state index contributed by atoms with van der Waals surface area (Å²) in [4.78, 5) is 14.1. The monoisotopic (exact) mass is 454 g/mol. The van der Waals surface area contributed by atoms with Gasteiger partial charge in [0.1, 0.15) is 0 Å². The van der Waals surface area contributed by atoms with Gasteiger partial charge in [0, 0.05) is 25.4 Å². The second kappa shape index (κ2) is 11.4. The van der Waals surface area contributed by atoms with E-state index in [2.05, 4.69) is 30.4 Å². The first-order chi connectivity index (χ1) is 16.0. The molecule has 1 aromatic carbocycles. The molecule has 1 aromatic rings. The van der Waals surface area contributed by atoms with Crippen molar-refractivity contribution in [3.05, 3.63) is 59.2 Å². The number of fused-ring (bicyclic) bond motifs is 1. The van der Waals surface area contributed by atoms with Gasteiger partial charge in [-0.3, -0.25) is 4.79 Å². The molecule has 4 rings (SSSR count). The molecule has 1 saturated heterocycles. The van der Waals surface area contributed by atoms with E-state index in [4.69, 9.17) is 4.74 Å². The van der Waals surface area contributed by atoms with Crippen molar-refractivity contribution in [1.29, 1.82) is 0 Å². The Kier molecular flexibility index (Phi) is 8.36. The number of amides is 1. The van der Waals surface area contributed by atoms with Crippen molar-refractivity contribution in [2.75, 3.05) is 39.4 Å². The van der Waals surface area contributed by atoms with Gasteiger partial charge >= 0.3 is 0 Å². The number of rotatable bonds is 9. The lowest BCUT2D eigenvalue weighted by Gasteiger charge is -2.27. The lowest BCUT2D eigenvalue weighted by molar-refractivity contribution is -0.134. The average Bonchev–Trinajstić information content (AvgIpc) is 3.32. The second-order valence-corrected chi connectivity index (χ2v) is 9.80. The quantitative estimate of drug-likeness (QED) is 0.394. The van der Waals surface area contributed by atoms with Gasteiger partial charge in [-0.2, -0.15) is 0 Å². The smallest absolute Gasteiger partial charge is 0.236 e. The number of carbonyl (C=O) groups is 1. The third-order valence-electron chi connectivity index (χ3n) is 7.30. The fraction of sp³-hybridized carbons (Fsp3) is 0.593. The number of hydrogen-bond acceptors (Lipinski definition) is 5. The third-order valence-corrected chi connectivity index (χ3v) is 7.30. The molecule has 2 aliphatic carbocycles. The van der Waals surface area contributed by atoms with Crippen LogP contribution in [0.3, 0.4) is 0 Å². The maximum Gasteiger partial charge on any atom is 0.236 e. The van der Waals surface area contributed by atoms with Crippen LogP contribution in [-0.2, 0) is 16.0 Å². The largest absolute Gasteiger partial charge is 0.392 e. The Balaban J connectivity index is 1.21. The molecule has 180 valence electrons. The van der Waals surface area contributed by atoms with Crippen LogP contribution in [0.4, 0.5) is 0 Å². The van der Waals surface area contributed by atoms with Crippen LogP contribution in [0, 0.1) is 24.7 Å². The molecule has 6 heteroatoms. The van der Waals surface area contributed by atoms with Crippen LogP contribution in [0.2, 0.25) is 0 Å². The molecular weight excluding hydrogens is 416 g/mol. The van der Waals surface area contributed by atoms with Crippen LogP contribution < -0.4 is 5.32 Å². The van der Waals surface area contributed by atoms with E-state index < -0.39 is 6.10 Å². The van der Waals surface area contributed by atoms with Crippen molar-refractivity contribution in [3.63, 3.8) is 0 Å². The molecule has 3 aliphatic rings. The van der Waals surface area contributed by atoms with E-state index >= 15 is 0 Å². The molecule has 0 bridgehead atoms. The van der Waals surface area contributed by atoms with E-state index in [1.807, 2.05) is 29.2 Å². The van der Waals surface area contributed by atoms with Gasteiger partial charge in [0.05, 0.1) is 32.0 Å². The molecular formula is C27H38N2O4. The number of aryl methyl sites for hydroxylation is 1. The van der Waals surface area contributed by atoms with E-state index in [9.17, 15) is 15.0 Å². The third kappa shape index (κ3) is 6.54. The van der Waals surface area contributed by atoms with Crippen LogP contribution >= 0.6 is 0 Å². The summed E-state index contributed by atoms with van der Waals surface area (Å²) < 4.78 is 5.30. The summed E-state index contributed by atoms with van der Waals surface area (Å²) in [6.07, 6.45) is 8.69. The van der Waals surface area contributed by atoms with Crippen LogP contribution in [0.1, 0.15) is 30.4 Å². The summed E-state index contributed by atoms with van der Waals surface area (Å²) in [6.45, 7) is 5.86. The van der Waals surface area contributed by atoms with Crippen LogP contribution in [-0.4, -0.2) is 72.6 Å². The molecule has 0 radical (unpaired) electrons. The SMILES string of the molecule is Cc1cccc(C[C@H](O)/C=C/[C@@H]2[C@H]3CC(CCNCC(=O)N4CCOCC4)=C[C@H]3C[C@H]2O)c1. The Labute approximate surface area is 197 Å². The van der Waals surface area contributed by atoms with Gasteiger partial charge in [-0.15, -0.1) is 0 Å². The van der Waals surface area contributed by atoms with E-state index in [1.54, 1.807) is 0 Å². The first-order valence-electron chi connectivity index (χ1n) is 12.4.